The first-order chi connectivity index (χ1) is 11.5. The van der Waals surface area contributed by atoms with Gasteiger partial charge in [-0.05, 0) is 0 Å². The van der Waals surface area contributed by atoms with Gasteiger partial charge in [0.15, 0.2) is 6.23 Å². The highest BCUT2D eigenvalue weighted by Crippen LogP contribution is 2.38. The van der Waals surface area contributed by atoms with E-state index < -0.39 is 61.9 Å². The van der Waals surface area contributed by atoms with E-state index in [2.05, 4.69) is 9.26 Å². The zero-order valence-corrected chi connectivity index (χ0v) is 13.5. The van der Waals surface area contributed by atoms with Crippen molar-refractivity contribution in [2.45, 2.75) is 24.5 Å². The number of H-pyrrole nitrogens is 1. The molecule has 1 aromatic rings. The van der Waals surface area contributed by atoms with Crippen molar-refractivity contribution in [2.75, 3.05) is 13.7 Å². The molecule has 1 aliphatic rings. The van der Waals surface area contributed by atoms with Crippen molar-refractivity contribution in [2.24, 2.45) is 0 Å². The average molecular weight is 382 g/mol. The third-order valence-corrected chi connectivity index (χ3v) is 3.85. The Bertz CT molecular complexity index is 811. The molecular formula is C11H15N2O11P. The van der Waals surface area contributed by atoms with Gasteiger partial charge in [0.2, 0.25) is 0 Å². The summed E-state index contributed by atoms with van der Waals surface area (Å²) in [7, 11) is -3.87. The third kappa shape index (κ3) is 4.22. The molecule has 0 aliphatic carbocycles. The number of rotatable bonds is 5. The lowest BCUT2D eigenvalue weighted by Gasteiger charge is -2.19. The van der Waals surface area contributed by atoms with Crippen molar-refractivity contribution in [1.82, 2.24) is 9.55 Å². The lowest BCUT2D eigenvalue weighted by molar-refractivity contribution is -0.0556. The highest BCUT2D eigenvalue weighted by atomic mass is 31.2. The van der Waals surface area contributed by atoms with E-state index in [1.807, 2.05) is 4.98 Å². The molecule has 1 aliphatic heterocycles. The summed E-state index contributed by atoms with van der Waals surface area (Å²) in [6.07, 6.45) is -6.52. The summed E-state index contributed by atoms with van der Waals surface area (Å²) in [6.45, 7) is -0.801. The Morgan fingerprint density at radius 3 is 2.56 bits per heavy atom. The lowest BCUT2D eigenvalue weighted by atomic mass is 10.1. The van der Waals surface area contributed by atoms with Crippen molar-refractivity contribution in [3.63, 3.8) is 0 Å². The van der Waals surface area contributed by atoms with Crippen molar-refractivity contribution in [1.29, 1.82) is 0 Å². The monoisotopic (exact) mass is 382 g/mol. The predicted octanol–water partition coefficient (Wildman–Crippen LogP) is -2.95. The van der Waals surface area contributed by atoms with Crippen LogP contribution < -0.4 is 11.2 Å². The van der Waals surface area contributed by atoms with Crippen LogP contribution in [0.15, 0.2) is 15.7 Å². The fourth-order valence-electron chi connectivity index (χ4n) is 2.27. The van der Waals surface area contributed by atoms with Crippen LogP contribution >= 0.6 is 7.82 Å². The van der Waals surface area contributed by atoms with Crippen molar-refractivity contribution < 1.29 is 43.4 Å². The predicted molar refractivity (Wildman–Crippen MR) is 76.6 cm³/mol. The molecule has 13 nitrogen and oxygen atoms in total. The van der Waals surface area contributed by atoms with Gasteiger partial charge < -0.3 is 29.5 Å². The molecule has 5 N–H and O–H groups in total. The van der Waals surface area contributed by atoms with Gasteiger partial charge in [-0.2, -0.15) is 0 Å². The highest BCUT2D eigenvalue weighted by Gasteiger charge is 2.46. The summed E-state index contributed by atoms with van der Waals surface area (Å²) in [5.74, 6) is -1.08. The zero-order chi connectivity index (χ0) is 18.9. The molecule has 0 spiro atoms. The van der Waals surface area contributed by atoms with Crippen LogP contribution in [0.3, 0.4) is 0 Å². The molecule has 1 aromatic heterocycles. The molecule has 14 heteroatoms. The number of hydrogen-bond acceptors (Lipinski definition) is 9. The van der Waals surface area contributed by atoms with Crippen LogP contribution in [0.5, 0.6) is 0 Å². The second-order valence-electron chi connectivity index (χ2n) is 5.02. The van der Waals surface area contributed by atoms with E-state index in [0.29, 0.717) is 4.57 Å². The molecule has 0 unspecified atom stereocenters. The Kier molecular flexibility index (Phi) is 5.58. The fraction of sp³-hybridized carbons (Fsp3) is 0.545. The maximum atomic E-state index is 12.0. The number of esters is 1. The van der Waals surface area contributed by atoms with Crippen LogP contribution in [0.1, 0.15) is 16.7 Å². The van der Waals surface area contributed by atoms with Crippen LogP contribution in [0, 0.1) is 0 Å². The quantitative estimate of drug-likeness (QED) is 0.258. The van der Waals surface area contributed by atoms with Crippen LogP contribution in [0.2, 0.25) is 0 Å². The van der Waals surface area contributed by atoms with Crippen LogP contribution in [0.25, 0.3) is 0 Å². The largest absolute Gasteiger partial charge is 0.469 e. The van der Waals surface area contributed by atoms with Crippen molar-refractivity contribution in [3.05, 3.63) is 32.6 Å². The van der Waals surface area contributed by atoms with Gasteiger partial charge in [0.1, 0.15) is 24.0 Å². The number of hydrogen-bond donors (Lipinski definition) is 5. The van der Waals surface area contributed by atoms with E-state index in [-0.39, 0.29) is 0 Å². The molecule has 2 heterocycles. The molecule has 0 radical (unpaired) electrons. The van der Waals surface area contributed by atoms with Gasteiger partial charge in [-0.1, -0.05) is 0 Å². The van der Waals surface area contributed by atoms with E-state index in [4.69, 9.17) is 14.5 Å². The minimum atomic E-state index is -4.87. The first-order valence-electron chi connectivity index (χ1n) is 6.71. The topological polar surface area (TPSA) is 198 Å². The Morgan fingerprint density at radius 1 is 1.36 bits per heavy atom. The molecule has 1 fully saturated rings. The molecule has 25 heavy (non-hydrogen) atoms. The summed E-state index contributed by atoms with van der Waals surface area (Å²) in [5, 5.41) is 20.0. The minimum Gasteiger partial charge on any atom is -0.464 e. The number of methoxy groups -OCH3 is 1. The van der Waals surface area contributed by atoms with Crippen LogP contribution in [-0.2, 0) is 18.6 Å². The summed E-state index contributed by atoms with van der Waals surface area (Å²) in [5.41, 5.74) is -2.58. The summed E-state index contributed by atoms with van der Waals surface area (Å²) >= 11 is 0. The fourth-order valence-corrected chi connectivity index (χ4v) is 2.61. The standard InChI is InChI=1S/C11H15N2O11P/c1-22-10(17)4-2-6(14)12-11(18)13(4)9-8(16)7(15)5(24-9)3-23-25(19,20)21/h2,5,7-9,15-16H,3H2,1H3,(H,12,14,18)(H2,19,20,21)/t5-,7-,8-,9-/m1/s1. The van der Waals surface area contributed by atoms with E-state index >= 15 is 0 Å². The first-order valence-corrected chi connectivity index (χ1v) is 8.24. The lowest BCUT2D eigenvalue weighted by Crippen LogP contribution is -2.41. The smallest absolute Gasteiger partial charge is 0.464 e. The number of carbonyl (C=O) groups is 1. The highest BCUT2D eigenvalue weighted by molar-refractivity contribution is 7.46. The maximum Gasteiger partial charge on any atom is 0.469 e. The molecule has 0 saturated carbocycles. The van der Waals surface area contributed by atoms with Gasteiger partial charge in [-0.25, -0.2) is 14.2 Å². The number of aliphatic hydroxyl groups is 2. The number of carbonyl (C=O) groups excluding carboxylic acids is 1. The Labute approximate surface area is 138 Å². The Balaban J connectivity index is 2.39. The summed E-state index contributed by atoms with van der Waals surface area (Å²) in [6, 6.07) is 0.731. The SMILES string of the molecule is COC(=O)c1cc(=O)[nH]c(=O)n1[C@@H]1O[C@H](COP(=O)(O)O)[C@@H](O)[C@H]1O. The number of nitrogens with one attached hydrogen (secondary N) is 1. The number of phosphoric ester groups is 1. The first kappa shape index (κ1) is 19.5. The van der Waals surface area contributed by atoms with Gasteiger partial charge in [0.25, 0.3) is 5.56 Å². The van der Waals surface area contributed by atoms with Gasteiger partial charge in [-0.3, -0.25) is 18.9 Å². The second kappa shape index (κ2) is 7.17. The van der Waals surface area contributed by atoms with Crippen molar-refractivity contribution in [3.8, 4) is 0 Å². The molecule has 2 rings (SSSR count). The van der Waals surface area contributed by atoms with Crippen LogP contribution in [0.4, 0.5) is 0 Å². The molecule has 0 aromatic carbocycles. The molecular weight excluding hydrogens is 367 g/mol. The number of aliphatic hydroxyl groups excluding tert-OH is 2. The van der Waals surface area contributed by atoms with E-state index in [1.54, 1.807) is 0 Å². The minimum absolute atomic E-state index is 0.552. The summed E-state index contributed by atoms with van der Waals surface area (Å²) < 4.78 is 25.1. The normalized spacial score (nSPS) is 26.6. The molecule has 1 saturated heterocycles. The van der Waals surface area contributed by atoms with Gasteiger partial charge >= 0.3 is 19.5 Å². The number of ether oxygens (including phenoxy) is 2. The van der Waals surface area contributed by atoms with Crippen molar-refractivity contribution >= 4 is 13.8 Å². The molecule has 0 amide bonds. The van der Waals surface area contributed by atoms with E-state index in [9.17, 15) is 29.2 Å². The van der Waals surface area contributed by atoms with E-state index in [0.717, 1.165) is 13.2 Å². The Morgan fingerprint density at radius 2 is 2.00 bits per heavy atom. The third-order valence-electron chi connectivity index (χ3n) is 3.37. The van der Waals surface area contributed by atoms with Gasteiger partial charge in [-0.15, -0.1) is 0 Å². The molecule has 140 valence electrons. The van der Waals surface area contributed by atoms with Gasteiger partial charge in [0.05, 0.1) is 13.7 Å². The number of nitrogens with zero attached hydrogens (tertiary/aromatic N) is 1. The maximum absolute atomic E-state index is 12.0. The van der Waals surface area contributed by atoms with E-state index in [1.165, 1.54) is 0 Å². The average Bonchev–Trinajstić information content (AvgIpc) is 2.79. The molecule has 0 bridgehead atoms. The second-order valence-corrected chi connectivity index (χ2v) is 6.26. The zero-order valence-electron chi connectivity index (χ0n) is 12.6. The van der Waals surface area contributed by atoms with Crippen LogP contribution in [-0.4, -0.2) is 67.5 Å². The number of phosphoric acid groups is 1. The molecule has 4 atom stereocenters. The summed E-state index contributed by atoms with van der Waals surface area (Å²) in [4.78, 5) is 54.4. The Hall–Kier alpha value is -1.86. The van der Waals surface area contributed by atoms with Gasteiger partial charge in [0, 0.05) is 6.07 Å². The number of aromatic amines is 1. The number of aromatic nitrogens is 2.